The van der Waals surface area contributed by atoms with Crippen molar-refractivity contribution in [1.82, 2.24) is 10.3 Å². The highest BCUT2D eigenvalue weighted by atomic mass is 32.1. The van der Waals surface area contributed by atoms with E-state index in [2.05, 4.69) is 15.6 Å². The molecule has 0 unspecified atom stereocenters. The molecule has 3 N–H and O–H groups in total. The summed E-state index contributed by atoms with van der Waals surface area (Å²) in [5.74, 6) is 0.116. The van der Waals surface area contributed by atoms with Crippen molar-refractivity contribution < 1.29 is 14.3 Å². The number of aryl methyl sites for hydroxylation is 1. The fourth-order valence-electron chi connectivity index (χ4n) is 3.05. The predicted octanol–water partition coefficient (Wildman–Crippen LogP) is 4.56. The zero-order chi connectivity index (χ0) is 21.1. The zero-order valence-electron chi connectivity index (χ0n) is 16.2. The second-order valence-electron chi connectivity index (χ2n) is 6.89. The van der Waals surface area contributed by atoms with Crippen LogP contribution < -0.4 is 10.6 Å². The lowest BCUT2D eigenvalue weighted by molar-refractivity contribution is -0.119. The molecule has 0 aliphatic carbocycles. The maximum atomic E-state index is 12.2. The number of aromatic hydroxyl groups is 1. The van der Waals surface area contributed by atoms with Crippen molar-refractivity contribution in [3.63, 3.8) is 0 Å². The Kier molecular flexibility index (Phi) is 5.45. The summed E-state index contributed by atoms with van der Waals surface area (Å²) in [6, 6.07) is 20.0. The van der Waals surface area contributed by atoms with Gasteiger partial charge in [-0.05, 0) is 60.6 Å². The van der Waals surface area contributed by atoms with E-state index in [1.165, 1.54) is 6.07 Å². The molecule has 0 fully saturated rings. The van der Waals surface area contributed by atoms with Crippen LogP contribution in [0.1, 0.15) is 11.1 Å². The van der Waals surface area contributed by atoms with Gasteiger partial charge in [-0.1, -0.05) is 36.4 Å². The first-order valence-corrected chi connectivity index (χ1v) is 9.74. The zero-order valence-corrected chi connectivity index (χ0v) is 17.0. The fourth-order valence-corrected chi connectivity index (χ4v) is 3.28. The van der Waals surface area contributed by atoms with E-state index in [4.69, 9.17) is 16.6 Å². The molecule has 0 aliphatic rings. The number of benzene rings is 3. The monoisotopic (exact) mass is 417 g/mol. The van der Waals surface area contributed by atoms with Crippen LogP contribution in [0.2, 0.25) is 0 Å². The SMILES string of the molecule is Cc1ccc2nc(-c3cc(NC(=S)NC(=O)Cc4ccccc4)ccc3O)oc2c1. The summed E-state index contributed by atoms with van der Waals surface area (Å²) >= 11 is 5.24. The Morgan fingerprint density at radius 1 is 1.10 bits per heavy atom. The highest BCUT2D eigenvalue weighted by Gasteiger charge is 2.14. The van der Waals surface area contributed by atoms with E-state index in [9.17, 15) is 9.90 Å². The number of rotatable bonds is 4. The van der Waals surface area contributed by atoms with Crippen molar-refractivity contribution >= 4 is 40.0 Å². The molecule has 1 aromatic heterocycles. The van der Waals surface area contributed by atoms with Crippen molar-refractivity contribution in [2.45, 2.75) is 13.3 Å². The van der Waals surface area contributed by atoms with Crippen molar-refractivity contribution in [2.24, 2.45) is 0 Å². The Bertz CT molecular complexity index is 1240. The van der Waals surface area contributed by atoms with E-state index in [-0.39, 0.29) is 23.2 Å². The quantitative estimate of drug-likeness (QED) is 0.333. The number of amides is 1. The number of phenolic OH excluding ortho intramolecular Hbond substituents is 1. The number of fused-ring (bicyclic) bond motifs is 1. The van der Waals surface area contributed by atoms with Crippen molar-refractivity contribution in [2.75, 3.05) is 5.32 Å². The third kappa shape index (κ3) is 4.47. The van der Waals surface area contributed by atoms with Gasteiger partial charge in [0.05, 0.1) is 12.0 Å². The van der Waals surface area contributed by atoms with Crippen LogP contribution in [-0.4, -0.2) is 21.1 Å². The summed E-state index contributed by atoms with van der Waals surface area (Å²) in [6.45, 7) is 1.97. The number of oxazole rings is 1. The third-order valence-electron chi connectivity index (χ3n) is 4.49. The van der Waals surface area contributed by atoms with Gasteiger partial charge in [0.2, 0.25) is 11.8 Å². The average molecular weight is 417 g/mol. The largest absolute Gasteiger partial charge is 0.507 e. The molecule has 3 aromatic carbocycles. The first kappa shape index (κ1) is 19.6. The highest BCUT2D eigenvalue weighted by molar-refractivity contribution is 7.80. The highest BCUT2D eigenvalue weighted by Crippen LogP contribution is 2.33. The van der Waals surface area contributed by atoms with Gasteiger partial charge in [0.25, 0.3) is 0 Å². The lowest BCUT2D eigenvalue weighted by Crippen LogP contribution is -2.35. The van der Waals surface area contributed by atoms with Gasteiger partial charge in [-0.25, -0.2) is 4.98 Å². The number of phenols is 1. The summed E-state index contributed by atoms with van der Waals surface area (Å²) in [5, 5.41) is 16.1. The molecular formula is C23H19N3O3S. The number of nitrogens with one attached hydrogen (secondary N) is 2. The van der Waals surface area contributed by atoms with Crippen LogP contribution in [0, 0.1) is 6.92 Å². The predicted molar refractivity (Wildman–Crippen MR) is 120 cm³/mol. The van der Waals surface area contributed by atoms with Crippen LogP contribution in [0.3, 0.4) is 0 Å². The minimum Gasteiger partial charge on any atom is -0.507 e. The second-order valence-corrected chi connectivity index (χ2v) is 7.30. The van der Waals surface area contributed by atoms with Gasteiger partial charge < -0.3 is 20.2 Å². The molecule has 0 saturated carbocycles. The average Bonchev–Trinajstić information content (AvgIpc) is 3.13. The van der Waals surface area contributed by atoms with E-state index in [0.29, 0.717) is 28.2 Å². The van der Waals surface area contributed by atoms with Crippen LogP contribution in [0.15, 0.2) is 71.1 Å². The summed E-state index contributed by atoms with van der Waals surface area (Å²) in [5.41, 5.74) is 4.32. The number of hydrogen-bond acceptors (Lipinski definition) is 5. The smallest absolute Gasteiger partial charge is 0.231 e. The number of carbonyl (C=O) groups excluding carboxylic acids is 1. The summed E-state index contributed by atoms with van der Waals surface area (Å²) in [7, 11) is 0. The van der Waals surface area contributed by atoms with Crippen LogP contribution in [0.5, 0.6) is 5.75 Å². The number of carbonyl (C=O) groups is 1. The van der Waals surface area contributed by atoms with Gasteiger partial charge in [0.1, 0.15) is 11.3 Å². The third-order valence-corrected chi connectivity index (χ3v) is 4.69. The summed E-state index contributed by atoms with van der Waals surface area (Å²) in [4.78, 5) is 16.6. The number of anilines is 1. The number of nitrogens with zero attached hydrogens (tertiary/aromatic N) is 1. The molecule has 0 aliphatic heterocycles. The fraction of sp³-hybridized carbons (Fsp3) is 0.0870. The van der Waals surface area contributed by atoms with E-state index >= 15 is 0 Å². The van der Waals surface area contributed by atoms with Gasteiger partial charge in [-0.3, -0.25) is 4.79 Å². The van der Waals surface area contributed by atoms with E-state index < -0.39 is 0 Å². The molecule has 150 valence electrons. The molecule has 4 aromatic rings. The maximum absolute atomic E-state index is 12.2. The van der Waals surface area contributed by atoms with E-state index in [1.54, 1.807) is 12.1 Å². The molecule has 0 atom stereocenters. The maximum Gasteiger partial charge on any atom is 0.231 e. The Balaban J connectivity index is 1.48. The molecule has 1 heterocycles. The molecule has 6 nitrogen and oxygen atoms in total. The normalized spacial score (nSPS) is 10.7. The van der Waals surface area contributed by atoms with Crippen molar-refractivity contribution in [3.8, 4) is 17.2 Å². The van der Waals surface area contributed by atoms with Crippen molar-refractivity contribution in [1.29, 1.82) is 0 Å². The number of thiocarbonyl (C=S) groups is 1. The first-order valence-electron chi connectivity index (χ1n) is 9.33. The van der Waals surface area contributed by atoms with Crippen LogP contribution >= 0.6 is 12.2 Å². The van der Waals surface area contributed by atoms with Crippen LogP contribution in [0.4, 0.5) is 5.69 Å². The molecule has 0 saturated heterocycles. The van der Waals surface area contributed by atoms with E-state index in [1.807, 2.05) is 55.5 Å². The molecule has 4 rings (SSSR count). The molecule has 7 heteroatoms. The lowest BCUT2D eigenvalue weighted by Gasteiger charge is -2.11. The number of hydrogen-bond donors (Lipinski definition) is 3. The van der Waals surface area contributed by atoms with Gasteiger partial charge in [-0.15, -0.1) is 0 Å². The van der Waals surface area contributed by atoms with Crippen LogP contribution in [-0.2, 0) is 11.2 Å². The first-order chi connectivity index (χ1) is 14.5. The molecular weight excluding hydrogens is 398 g/mol. The van der Waals surface area contributed by atoms with Gasteiger partial charge in [0, 0.05) is 5.69 Å². The van der Waals surface area contributed by atoms with Crippen LogP contribution in [0.25, 0.3) is 22.6 Å². The standard InChI is InChI=1S/C23H19N3O3S/c1-14-7-9-18-20(11-14)29-22(25-18)17-13-16(8-10-19(17)27)24-23(30)26-21(28)12-15-5-3-2-4-6-15/h2-11,13,27H,12H2,1H3,(H2,24,26,28,30). The summed E-state index contributed by atoms with van der Waals surface area (Å²) in [6.07, 6.45) is 0.228. The lowest BCUT2D eigenvalue weighted by atomic mass is 10.1. The Morgan fingerprint density at radius 2 is 1.90 bits per heavy atom. The molecule has 1 amide bonds. The Morgan fingerprint density at radius 3 is 2.70 bits per heavy atom. The van der Waals surface area contributed by atoms with Gasteiger partial charge in [-0.2, -0.15) is 0 Å². The van der Waals surface area contributed by atoms with Gasteiger partial charge in [0.15, 0.2) is 10.7 Å². The topological polar surface area (TPSA) is 87.4 Å². The Labute approximate surface area is 178 Å². The molecule has 0 spiro atoms. The Hall–Kier alpha value is -3.71. The second kappa shape index (κ2) is 8.34. The van der Waals surface area contributed by atoms with E-state index in [0.717, 1.165) is 11.1 Å². The van der Waals surface area contributed by atoms with Gasteiger partial charge >= 0.3 is 0 Å². The minimum atomic E-state index is -0.216. The molecule has 0 radical (unpaired) electrons. The molecule has 0 bridgehead atoms. The molecule has 30 heavy (non-hydrogen) atoms. The summed E-state index contributed by atoms with van der Waals surface area (Å²) < 4.78 is 5.81. The number of aromatic nitrogens is 1. The van der Waals surface area contributed by atoms with Crippen molar-refractivity contribution in [3.05, 3.63) is 77.9 Å². The minimum absolute atomic E-state index is 0.0304.